The van der Waals surface area contributed by atoms with Crippen molar-refractivity contribution >= 4 is 11.6 Å². The van der Waals surface area contributed by atoms with Crippen molar-refractivity contribution in [3.05, 3.63) is 28.8 Å². The minimum Gasteiger partial charge on any atom is -0.486 e. The molecule has 0 bridgehead atoms. The van der Waals surface area contributed by atoms with Gasteiger partial charge in [-0.3, -0.25) is 0 Å². The molecule has 0 saturated carbocycles. The van der Waals surface area contributed by atoms with Crippen molar-refractivity contribution in [2.75, 3.05) is 13.6 Å². The van der Waals surface area contributed by atoms with Gasteiger partial charge in [-0.05, 0) is 51.1 Å². The van der Waals surface area contributed by atoms with E-state index in [9.17, 15) is 0 Å². The highest BCUT2D eigenvalue weighted by atomic mass is 35.5. The molecule has 0 aliphatic rings. The van der Waals surface area contributed by atoms with Gasteiger partial charge in [-0.25, -0.2) is 0 Å². The summed E-state index contributed by atoms with van der Waals surface area (Å²) in [5.74, 6) is 0.906. The van der Waals surface area contributed by atoms with Gasteiger partial charge in [-0.15, -0.1) is 0 Å². The van der Waals surface area contributed by atoms with Gasteiger partial charge in [0.25, 0.3) is 0 Å². The van der Waals surface area contributed by atoms with Crippen molar-refractivity contribution in [1.82, 2.24) is 5.32 Å². The van der Waals surface area contributed by atoms with E-state index in [0.717, 1.165) is 29.3 Å². The van der Waals surface area contributed by atoms with E-state index in [0.29, 0.717) is 0 Å². The van der Waals surface area contributed by atoms with Crippen molar-refractivity contribution in [2.24, 2.45) is 0 Å². The molecule has 0 fully saturated rings. The fourth-order valence-electron chi connectivity index (χ4n) is 1.60. The van der Waals surface area contributed by atoms with E-state index in [2.05, 4.69) is 19.2 Å². The Bertz CT molecular complexity index is 354. The number of rotatable bonds is 5. The maximum Gasteiger partial charge on any atom is 0.123 e. The zero-order chi connectivity index (χ0) is 12.2. The smallest absolute Gasteiger partial charge is 0.123 e. The first-order chi connectivity index (χ1) is 7.50. The average molecular weight is 242 g/mol. The number of hydrogen-bond donors (Lipinski definition) is 1. The molecule has 0 heterocycles. The normalized spacial score (nSPS) is 14.6. The van der Waals surface area contributed by atoms with E-state index in [4.69, 9.17) is 16.3 Å². The maximum atomic E-state index is 6.06. The lowest BCUT2D eigenvalue weighted by molar-refractivity contribution is 0.0849. The second-order valence-corrected chi connectivity index (χ2v) is 4.78. The fraction of sp³-hybridized carbons (Fsp3) is 0.538. The second-order valence-electron chi connectivity index (χ2n) is 4.35. The van der Waals surface area contributed by atoms with Gasteiger partial charge in [-0.2, -0.15) is 0 Å². The van der Waals surface area contributed by atoms with Crippen molar-refractivity contribution in [3.63, 3.8) is 0 Å². The first-order valence-electron chi connectivity index (χ1n) is 5.60. The van der Waals surface area contributed by atoms with Crippen LogP contribution in [0.1, 0.15) is 25.8 Å². The molecule has 0 spiro atoms. The quantitative estimate of drug-likeness (QED) is 0.853. The molecule has 1 aromatic rings. The lowest BCUT2D eigenvalue weighted by Crippen LogP contribution is -2.41. The lowest BCUT2D eigenvalue weighted by atomic mass is 10.0. The SMILES string of the molecule is CCC(C)(CNC)Oc1ccc(Cl)cc1C. The van der Waals surface area contributed by atoms with E-state index >= 15 is 0 Å². The largest absolute Gasteiger partial charge is 0.486 e. The molecule has 2 nitrogen and oxygen atoms in total. The maximum absolute atomic E-state index is 6.06. The van der Waals surface area contributed by atoms with Gasteiger partial charge in [0.1, 0.15) is 11.4 Å². The Morgan fingerprint density at radius 1 is 1.44 bits per heavy atom. The van der Waals surface area contributed by atoms with E-state index in [1.807, 2.05) is 32.2 Å². The van der Waals surface area contributed by atoms with E-state index in [1.165, 1.54) is 0 Å². The summed E-state index contributed by atoms with van der Waals surface area (Å²) < 4.78 is 6.06. The number of benzene rings is 1. The Hall–Kier alpha value is -0.730. The molecule has 3 heteroatoms. The average Bonchev–Trinajstić information content (AvgIpc) is 2.23. The third kappa shape index (κ3) is 3.39. The van der Waals surface area contributed by atoms with Gasteiger partial charge < -0.3 is 10.1 Å². The van der Waals surface area contributed by atoms with Crippen LogP contribution < -0.4 is 10.1 Å². The standard InChI is InChI=1S/C13H20ClNO/c1-5-13(3,9-15-4)16-12-7-6-11(14)8-10(12)2/h6-8,15H,5,9H2,1-4H3. The molecule has 1 unspecified atom stereocenters. The molecule has 0 aliphatic heterocycles. The zero-order valence-corrected chi connectivity index (χ0v) is 11.2. The highest BCUT2D eigenvalue weighted by molar-refractivity contribution is 6.30. The molecule has 1 atom stereocenters. The minimum absolute atomic E-state index is 0.173. The third-order valence-corrected chi connectivity index (χ3v) is 3.03. The van der Waals surface area contributed by atoms with Gasteiger partial charge >= 0.3 is 0 Å². The van der Waals surface area contributed by atoms with Crippen LogP contribution in [0.15, 0.2) is 18.2 Å². The van der Waals surface area contributed by atoms with Crippen molar-refractivity contribution in [2.45, 2.75) is 32.8 Å². The monoisotopic (exact) mass is 241 g/mol. The molecular formula is C13H20ClNO. The van der Waals surface area contributed by atoms with Crippen LogP contribution in [0.25, 0.3) is 0 Å². The van der Waals surface area contributed by atoms with Crippen LogP contribution in [0.3, 0.4) is 0 Å². The molecule has 1 aromatic carbocycles. The van der Waals surface area contributed by atoms with Crippen molar-refractivity contribution in [3.8, 4) is 5.75 Å². The molecule has 1 N–H and O–H groups in total. The number of likely N-dealkylation sites (N-methyl/N-ethyl adjacent to an activating group) is 1. The Kier molecular flexibility index (Phi) is 4.63. The van der Waals surface area contributed by atoms with Gasteiger partial charge in [-0.1, -0.05) is 18.5 Å². The molecule has 90 valence electrons. The summed E-state index contributed by atoms with van der Waals surface area (Å²) in [6.07, 6.45) is 0.954. The number of ether oxygens (including phenoxy) is 1. The van der Waals surface area contributed by atoms with Crippen LogP contribution in [-0.2, 0) is 0 Å². The van der Waals surface area contributed by atoms with E-state index in [-0.39, 0.29) is 5.60 Å². The first kappa shape index (κ1) is 13.3. The Balaban J connectivity index is 2.85. The molecule has 0 aliphatic carbocycles. The van der Waals surface area contributed by atoms with Gasteiger partial charge in [0.15, 0.2) is 0 Å². The summed E-state index contributed by atoms with van der Waals surface area (Å²) >= 11 is 5.92. The van der Waals surface area contributed by atoms with Crippen molar-refractivity contribution < 1.29 is 4.74 Å². The molecule has 0 amide bonds. The Morgan fingerprint density at radius 2 is 2.12 bits per heavy atom. The summed E-state index contributed by atoms with van der Waals surface area (Å²) in [6, 6.07) is 5.72. The van der Waals surface area contributed by atoms with Gasteiger partial charge in [0.05, 0.1) is 0 Å². The third-order valence-electron chi connectivity index (χ3n) is 2.79. The summed E-state index contributed by atoms with van der Waals surface area (Å²) in [7, 11) is 1.94. The number of nitrogens with one attached hydrogen (secondary N) is 1. The lowest BCUT2D eigenvalue weighted by Gasteiger charge is -2.30. The second kappa shape index (κ2) is 5.55. The van der Waals surface area contributed by atoms with Crippen LogP contribution in [0.5, 0.6) is 5.75 Å². The number of hydrogen-bond acceptors (Lipinski definition) is 2. The zero-order valence-electron chi connectivity index (χ0n) is 10.4. The molecule has 1 rings (SSSR count). The minimum atomic E-state index is -0.173. The highest BCUT2D eigenvalue weighted by Gasteiger charge is 2.23. The molecule has 0 saturated heterocycles. The topological polar surface area (TPSA) is 21.3 Å². The van der Waals surface area contributed by atoms with Crippen LogP contribution in [0.2, 0.25) is 5.02 Å². The van der Waals surface area contributed by atoms with E-state index < -0.39 is 0 Å². The summed E-state index contributed by atoms with van der Waals surface area (Å²) in [6.45, 7) is 7.07. The number of halogens is 1. The molecule has 16 heavy (non-hydrogen) atoms. The highest BCUT2D eigenvalue weighted by Crippen LogP contribution is 2.26. The molecule has 0 aromatic heterocycles. The van der Waals surface area contributed by atoms with Crippen molar-refractivity contribution in [1.29, 1.82) is 0 Å². The van der Waals surface area contributed by atoms with Crippen LogP contribution >= 0.6 is 11.6 Å². The van der Waals surface area contributed by atoms with E-state index in [1.54, 1.807) is 0 Å². The summed E-state index contributed by atoms with van der Waals surface area (Å²) in [5.41, 5.74) is 0.899. The van der Waals surface area contributed by atoms with Gasteiger partial charge in [0.2, 0.25) is 0 Å². The fourth-order valence-corrected chi connectivity index (χ4v) is 1.83. The van der Waals surface area contributed by atoms with Crippen LogP contribution in [0.4, 0.5) is 0 Å². The predicted molar refractivity (Wildman–Crippen MR) is 69.4 cm³/mol. The summed E-state index contributed by atoms with van der Waals surface area (Å²) in [4.78, 5) is 0. The Morgan fingerprint density at radius 3 is 2.62 bits per heavy atom. The summed E-state index contributed by atoms with van der Waals surface area (Å²) in [5, 5.41) is 3.91. The van der Waals surface area contributed by atoms with Crippen LogP contribution in [-0.4, -0.2) is 19.2 Å². The van der Waals surface area contributed by atoms with Gasteiger partial charge in [0, 0.05) is 11.6 Å². The number of aryl methyl sites for hydroxylation is 1. The Labute approximate surface area is 103 Å². The first-order valence-corrected chi connectivity index (χ1v) is 5.98. The molecule has 0 radical (unpaired) electrons. The molecular weight excluding hydrogens is 222 g/mol. The van der Waals surface area contributed by atoms with Crippen LogP contribution in [0, 0.1) is 6.92 Å². The predicted octanol–water partition coefficient (Wildman–Crippen LogP) is 3.42.